The first-order valence-corrected chi connectivity index (χ1v) is 6.78. The van der Waals surface area contributed by atoms with Gasteiger partial charge in [0.1, 0.15) is 0 Å². The second-order valence-corrected chi connectivity index (χ2v) is 5.18. The molecule has 1 atom stereocenters. The third kappa shape index (κ3) is 4.04. The first-order valence-electron chi connectivity index (χ1n) is 6.78. The molecule has 0 radical (unpaired) electrons. The highest BCUT2D eigenvalue weighted by atomic mass is 16.5. The van der Waals surface area contributed by atoms with E-state index in [1.807, 2.05) is 18.2 Å². The van der Waals surface area contributed by atoms with Gasteiger partial charge in [0.05, 0.1) is 12.7 Å². The molecule has 4 heteroatoms. The summed E-state index contributed by atoms with van der Waals surface area (Å²) in [6.45, 7) is 3.03. The lowest BCUT2D eigenvalue weighted by Crippen LogP contribution is -2.34. The van der Waals surface area contributed by atoms with Crippen molar-refractivity contribution in [2.24, 2.45) is 0 Å². The number of carbonyl (C=O) groups is 1. The number of methoxy groups -OCH3 is 1. The topological polar surface area (TPSA) is 41.6 Å². The molecule has 0 saturated carbocycles. The van der Waals surface area contributed by atoms with E-state index >= 15 is 0 Å². The SMILES string of the molecule is COC(=O)c1cccc(CN(C)CC2CCCN2)c1. The van der Waals surface area contributed by atoms with Gasteiger partial charge in [0.2, 0.25) is 0 Å². The number of carbonyl (C=O) groups excluding carboxylic acids is 1. The average molecular weight is 262 g/mol. The second-order valence-electron chi connectivity index (χ2n) is 5.18. The molecule has 1 fully saturated rings. The normalized spacial score (nSPS) is 18.8. The van der Waals surface area contributed by atoms with Gasteiger partial charge in [0.15, 0.2) is 0 Å². The van der Waals surface area contributed by atoms with E-state index in [0.29, 0.717) is 11.6 Å². The van der Waals surface area contributed by atoms with Crippen LogP contribution in [0.1, 0.15) is 28.8 Å². The fraction of sp³-hybridized carbons (Fsp3) is 0.533. The maximum Gasteiger partial charge on any atom is 0.337 e. The number of rotatable bonds is 5. The molecule has 0 bridgehead atoms. The zero-order chi connectivity index (χ0) is 13.7. The Labute approximate surface area is 114 Å². The molecule has 1 saturated heterocycles. The molecule has 4 nitrogen and oxygen atoms in total. The van der Waals surface area contributed by atoms with Crippen LogP contribution in [0.15, 0.2) is 24.3 Å². The monoisotopic (exact) mass is 262 g/mol. The minimum atomic E-state index is -0.276. The molecule has 1 N–H and O–H groups in total. The first kappa shape index (κ1) is 14.0. The maximum absolute atomic E-state index is 11.5. The Morgan fingerprint density at radius 2 is 2.37 bits per heavy atom. The van der Waals surface area contributed by atoms with Crippen molar-refractivity contribution >= 4 is 5.97 Å². The fourth-order valence-electron chi connectivity index (χ4n) is 2.58. The molecule has 1 aliphatic rings. The minimum Gasteiger partial charge on any atom is -0.465 e. The predicted molar refractivity (Wildman–Crippen MR) is 75.1 cm³/mol. The quantitative estimate of drug-likeness (QED) is 0.819. The highest BCUT2D eigenvalue weighted by Crippen LogP contribution is 2.11. The van der Waals surface area contributed by atoms with Crippen molar-refractivity contribution in [2.45, 2.75) is 25.4 Å². The van der Waals surface area contributed by atoms with Crippen LogP contribution in [-0.2, 0) is 11.3 Å². The molecule has 1 unspecified atom stereocenters. The van der Waals surface area contributed by atoms with Crippen molar-refractivity contribution in [3.05, 3.63) is 35.4 Å². The Kier molecular flexibility index (Phi) is 4.93. The lowest BCUT2D eigenvalue weighted by atomic mass is 10.1. The van der Waals surface area contributed by atoms with Gasteiger partial charge in [-0.2, -0.15) is 0 Å². The van der Waals surface area contributed by atoms with Crippen molar-refractivity contribution in [3.63, 3.8) is 0 Å². The van der Waals surface area contributed by atoms with E-state index in [0.717, 1.165) is 25.2 Å². The van der Waals surface area contributed by atoms with Crippen LogP contribution in [0.5, 0.6) is 0 Å². The zero-order valence-corrected chi connectivity index (χ0v) is 11.7. The predicted octanol–water partition coefficient (Wildman–Crippen LogP) is 1.66. The largest absolute Gasteiger partial charge is 0.465 e. The molecule has 0 amide bonds. The second kappa shape index (κ2) is 6.68. The fourth-order valence-corrected chi connectivity index (χ4v) is 2.58. The van der Waals surface area contributed by atoms with Crippen molar-refractivity contribution < 1.29 is 9.53 Å². The number of benzene rings is 1. The molecular formula is C15H22N2O2. The van der Waals surface area contributed by atoms with E-state index < -0.39 is 0 Å². The molecular weight excluding hydrogens is 240 g/mol. The smallest absolute Gasteiger partial charge is 0.337 e. The average Bonchev–Trinajstić information content (AvgIpc) is 2.90. The van der Waals surface area contributed by atoms with Crippen LogP contribution < -0.4 is 5.32 Å². The Bertz CT molecular complexity index is 428. The van der Waals surface area contributed by atoms with Gasteiger partial charge < -0.3 is 15.0 Å². The number of nitrogens with one attached hydrogen (secondary N) is 1. The van der Waals surface area contributed by atoms with Gasteiger partial charge >= 0.3 is 5.97 Å². The van der Waals surface area contributed by atoms with E-state index in [9.17, 15) is 4.79 Å². The number of likely N-dealkylation sites (N-methyl/N-ethyl adjacent to an activating group) is 1. The number of hydrogen-bond acceptors (Lipinski definition) is 4. The number of ether oxygens (including phenoxy) is 1. The third-order valence-electron chi connectivity index (χ3n) is 3.50. The van der Waals surface area contributed by atoms with Gasteiger partial charge in [0, 0.05) is 19.1 Å². The van der Waals surface area contributed by atoms with E-state index in [-0.39, 0.29) is 5.97 Å². The van der Waals surface area contributed by atoms with Gasteiger partial charge in [-0.1, -0.05) is 12.1 Å². The number of esters is 1. The summed E-state index contributed by atoms with van der Waals surface area (Å²) in [6, 6.07) is 8.25. The zero-order valence-electron chi connectivity index (χ0n) is 11.7. The molecule has 1 aliphatic heterocycles. The van der Waals surface area contributed by atoms with Gasteiger partial charge in [-0.3, -0.25) is 0 Å². The molecule has 0 spiro atoms. The van der Waals surface area contributed by atoms with E-state index in [4.69, 9.17) is 4.74 Å². The molecule has 0 aromatic heterocycles. The highest BCUT2D eigenvalue weighted by Gasteiger charge is 2.16. The molecule has 1 aromatic carbocycles. The summed E-state index contributed by atoms with van der Waals surface area (Å²) in [5, 5.41) is 3.50. The summed E-state index contributed by atoms with van der Waals surface area (Å²) in [5.74, 6) is -0.276. The van der Waals surface area contributed by atoms with Crippen molar-refractivity contribution in [1.29, 1.82) is 0 Å². The van der Waals surface area contributed by atoms with Crippen LogP contribution in [0.3, 0.4) is 0 Å². The third-order valence-corrected chi connectivity index (χ3v) is 3.50. The van der Waals surface area contributed by atoms with Crippen LogP contribution >= 0.6 is 0 Å². The van der Waals surface area contributed by atoms with E-state index in [1.165, 1.54) is 20.0 Å². The van der Waals surface area contributed by atoms with Gasteiger partial charge in [-0.15, -0.1) is 0 Å². The standard InChI is InChI=1S/C15H22N2O2/c1-17(11-14-7-4-8-16-14)10-12-5-3-6-13(9-12)15(18)19-2/h3,5-6,9,14,16H,4,7-8,10-11H2,1-2H3. The molecule has 0 aliphatic carbocycles. The minimum absolute atomic E-state index is 0.276. The number of nitrogens with zero attached hydrogens (tertiary/aromatic N) is 1. The Hall–Kier alpha value is -1.39. The van der Waals surface area contributed by atoms with Crippen molar-refractivity contribution in [3.8, 4) is 0 Å². The Balaban J connectivity index is 1.92. The summed E-state index contributed by atoms with van der Waals surface area (Å²) in [7, 11) is 3.53. The summed E-state index contributed by atoms with van der Waals surface area (Å²) < 4.78 is 4.74. The van der Waals surface area contributed by atoms with E-state index in [1.54, 1.807) is 6.07 Å². The highest BCUT2D eigenvalue weighted by molar-refractivity contribution is 5.89. The maximum atomic E-state index is 11.5. The number of hydrogen-bond donors (Lipinski definition) is 1. The molecule has 104 valence electrons. The molecule has 19 heavy (non-hydrogen) atoms. The van der Waals surface area contributed by atoms with E-state index in [2.05, 4.69) is 17.3 Å². The Morgan fingerprint density at radius 3 is 3.05 bits per heavy atom. The van der Waals surface area contributed by atoms with Gasteiger partial charge in [-0.25, -0.2) is 4.79 Å². The first-order chi connectivity index (χ1) is 9.19. The lowest BCUT2D eigenvalue weighted by Gasteiger charge is -2.21. The van der Waals surface area contributed by atoms with Crippen LogP contribution in [-0.4, -0.2) is 44.2 Å². The Morgan fingerprint density at radius 1 is 1.53 bits per heavy atom. The molecule has 1 aromatic rings. The van der Waals surface area contributed by atoms with Crippen molar-refractivity contribution in [2.75, 3.05) is 27.2 Å². The summed E-state index contributed by atoms with van der Waals surface area (Å²) in [5.41, 5.74) is 1.76. The van der Waals surface area contributed by atoms with Crippen molar-refractivity contribution in [1.82, 2.24) is 10.2 Å². The van der Waals surface area contributed by atoms with Crippen LogP contribution in [0, 0.1) is 0 Å². The van der Waals surface area contributed by atoms with Crippen LogP contribution in [0.2, 0.25) is 0 Å². The summed E-state index contributed by atoms with van der Waals surface area (Å²) in [6.07, 6.45) is 2.53. The summed E-state index contributed by atoms with van der Waals surface area (Å²) in [4.78, 5) is 13.8. The molecule has 2 rings (SSSR count). The molecule has 1 heterocycles. The summed E-state index contributed by atoms with van der Waals surface area (Å²) >= 11 is 0. The van der Waals surface area contributed by atoms with Crippen LogP contribution in [0.25, 0.3) is 0 Å². The van der Waals surface area contributed by atoms with Gasteiger partial charge in [0.25, 0.3) is 0 Å². The lowest BCUT2D eigenvalue weighted by molar-refractivity contribution is 0.0600. The van der Waals surface area contributed by atoms with Gasteiger partial charge in [-0.05, 0) is 44.1 Å². The van der Waals surface area contributed by atoms with Crippen LogP contribution in [0.4, 0.5) is 0 Å².